The van der Waals surface area contributed by atoms with Crippen LogP contribution in [0.4, 0.5) is 11.4 Å². The molecule has 1 amide bonds. The molecule has 22 heavy (non-hydrogen) atoms. The molecule has 5 nitrogen and oxygen atoms in total. The minimum absolute atomic E-state index is 0.696. The van der Waals surface area contributed by atoms with Gasteiger partial charge < -0.3 is 16.0 Å². The van der Waals surface area contributed by atoms with Crippen molar-refractivity contribution in [2.24, 2.45) is 4.99 Å². The maximum absolute atomic E-state index is 10.7. The Balaban J connectivity index is 1.87. The van der Waals surface area contributed by atoms with Crippen molar-refractivity contribution in [3.8, 4) is 11.1 Å². The van der Waals surface area contributed by atoms with Gasteiger partial charge in [-0.3, -0.25) is 9.79 Å². The monoisotopic (exact) mass is 294 g/mol. The van der Waals surface area contributed by atoms with Gasteiger partial charge in [0.25, 0.3) is 0 Å². The van der Waals surface area contributed by atoms with E-state index in [0.29, 0.717) is 6.41 Å². The zero-order valence-corrected chi connectivity index (χ0v) is 12.2. The van der Waals surface area contributed by atoms with Gasteiger partial charge >= 0.3 is 0 Å². The van der Waals surface area contributed by atoms with E-state index in [9.17, 15) is 4.79 Å². The van der Waals surface area contributed by atoms with E-state index in [4.69, 9.17) is 0 Å². The van der Waals surface area contributed by atoms with Gasteiger partial charge in [0.05, 0.1) is 0 Å². The number of aliphatic imine (C=N–C) groups is 1. The lowest BCUT2D eigenvalue weighted by Crippen LogP contribution is -2.35. The molecule has 1 aliphatic rings. The predicted molar refractivity (Wildman–Crippen MR) is 90.1 cm³/mol. The van der Waals surface area contributed by atoms with Gasteiger partial charge in [0, 0.05) is 30.0 Å². The average molecular weight is 294 g/mol. The normalized spacial score (nSPS) is 13.7. The van der Waals surface area contributed by atoms with Gasteiger partial charge in [-0.1, -0.05) is 30.3 Å². The summed E-state index contributed by atoms with van der Waals surface area (Å²) >= 11 is 0. The highest BCUT2D eigenvalue weighted by Gasteiger charge is 2.07. The first-order chi connectivity index (χ1) is 10.9. The largest absolute Gasteiger partial charge is 0.356 e. The van der Waals surface area contributed by atoms with Crippen LogP contribution in [0.25, 0.3) is 11.1 Å². The number of nitrogens with zero attached hydrogens (tertiary/aromatic N) is 1. The number of benzene rings is 2. The average Bonchev–Trinajstić information content (AvgIpc) is 2.57. The first kappa shape index (κ1) is 14.1. The van der Waals surface area contributed by atoms with Crippen molar-refractivity contribution in [3.63, 3.8) is 0 Å². The van der Waals surface area contributed by atoms with Crippen LogP contribution >= 0.6 is 0 Å². The molecular weight excluding hydrogens is 276 g/mol. The van der Waals surface area contributed by atoms with E-state index >= 15 is 0 Å². The Labute approximate surface area is 129 Å². The molecule has 0 bridgehead atoms. The van der Waals surface area contributed by atoms with Gasteiger partial charge in [-0.2, -0.15) is 0 Å². The van der Waals surface area contributed by atoms with Gasteiger partial charge in [-0.25, -0.2) is 0 Å². The van der Waals surface area contributed by atoms with Gasteiger partial charge in [-0.15, -0.1) is 0 Å². The minimum atomic E-state index is 0.696. The highest BCUT2D eigenvalue weighted by atomic mass is 16.1. The van der Waals surface area contributed by atoms with Crippen molar-refractivity contribution >= 4 is 23.7 Å². The van der Waals surface area contributed by atoms with Crippen LogP contribution in [0.2, 0.25) is 0 Å². The third-order valence-electron chi connectivity index (χ3n) is 3.48. The summed E-state index contributed by atoms with van der Waals surface area (Å²) in [6.07, 6.45) is 1.76. The van der Waals surface area contributed by atoms with Crippen LogP contribution in [0, 0.1) is 0 Å². The molecule has 0 spiro atoms. The van der Waals surface area contributed by atoms with E-state index < -0.39 is 0 Å². The fraction of sp³-hybridized carbons (Fsp3) is 0.176. The highest BCUT2D eigenvalue weighted by Crippen LogP contribution is 2.29. The number of anilines is 2. The summed E-state index contributed by atoms with van der Waals surface area (Å²) in [5.74, 6) is 0.808. The van der Waals surface area contributed by atoms with Gasteiger partial charge in [0.1, 0.15) is 0 Å². The summed E-state index contributed by atoms with van der Waals surface area (Å²) in [6, 6.07) is 15.8. The van der Waals surface area contributed by atoms with Crippen molar-refractivity contribution in [2.75, 3.05) is 23.7 Å². The SMILES string of the molecule is O=CNc1ccccc1-c1cccc(NC2=NCCCN2)c1. The number of hydrogen-bond donors (Lipinski definition) is 3. The number of amides is 1. The van der Waals surface area contributed by atoms with Crippen LogP contribution in [0.15, 0.2) is 53.5 Å². The number of para-hydroxylation sites is 1. The maximum atomic E-state index is 10.7. The van der Waals surface area contributed by atoms with Crippen LogP contribution in [0.3, 0.4) is 0 Å². The Morgan fingerprint density at radius 3 is 2.86 bits per heavy atom. The number of rotatable bonds is 4. The molecular formula is C17H18N4O. The summed E-state index contributed by atoms with van der Waals surface area (Å²) in [4.78, 5) is 15.1. The lowest BCUT2D eigenvalue weighted by molar-refractivity contribution is -0.105. The lowest BCUT2D eigenvalue weighted by atomic mass is 10.0. The summed E-state index contributed by atoms with van der Waals surface area (Å²) in [5, 5.41) is 9.27. The molecule has 0 aliphatic carbocycles. The smallest absolute Gasteiger partial charge is 0.211 e. The molecule has 0 atom stereocenters. The van der Waals surface area contributed by atoms with Crippen LogP contribution in [-0.4, -0.2) is 25.5 Å². The van der Waals surface area contributed by atoms with Gasteiger partial charge in [0.15, 0.2) is 5.96 Å². The summed E-state index contributed by atoms with van der Waals surface area (Å²) in [5.41, 5.74) is 3.78. The molecule has 0 fully saturated rings. The number of carbonyl (C=O) groups is 1. The van der Waals surface area contributed by atoms with E-state index in [0.717, 1.165) is 48.0 Å². The summed E-state index contributed by atoms with van der Waals surface area (Å²) in [6.45, 7) is 1.79. The Bertz CT molecular complexity index is 697. The zero-order valence-electron chi connectivity index (χ0n) is 12.2. The number of carbonyl (C=O) groups excluding carboxylic acids is 1. The molecule has 0 aromatic heterocycles. The molecule has 0 radical (unpaired) electrons. The molecule has 3 N–H and O–H groups in total. The Kier molecular flexibility index (Phi) is 4.34. The molecule has 0 saturated carbocycles. The third-order valence-corrected chi connectivity index (χ3v) is 3.48. The fourth-order valence-corrected chi connectivity index (χ4v) is 2.44. The highest BCUT2D eigenvalue weighted by molar-refractivity contribution is 5.95. The maximum Gasteiger partial charge on any atom is 0.211 e. The van der Waals surface area contributed by atoms with E-state index in [1.807, 2.05) is 48.5 Å². The molecule has 5 heteroatoms. The topological polar surface area (TPSA) is 65.5 Å². The first-order valence-corrected chi connectivity index (χ1v) is 7.32. The van der Waals surface area contributed by atoms with E-state index in [-0.39, 0.29) is 0 Å². The predicted octanol–water partition coefficient (Wildman–Crippen LogP) is 2.68. The Morgan fingerprint density at radius 1 is 1.14 bits per heavy atom. The van der Waals surface area contributed by atoms with E-state index in [1.165, 1.54) is 0 Å². The summed E-state index contributed by atoms with van der Waals surface area (Å²) < 4.78 is 0. The second-order valence-corrected chi connectivity index (χ2v) is 5.02. The molecule has 2 aromatic carbocycles. The van der Waals surface area contributed by atoms with Crippen molar-refractivity contribution in [1.82, 2.24) is 5.32 Å². The third kappa shape index (κ3) is 3.25. The lowest BCUT2D eigenvalue weighted by Gasteiger charge is -2.17. The van der Waals surface area contributed by atoms with Crippen molar-refractivity contribution in [1.29, 1.82) is 0 Å². The van der Waals surface area contributed by atoms with Crippen LogP contribution in [0.5, 0.6) is 0 Å². The van der Waals surface area contributed by atoms with Crippen LogP contribution in [-0.2, 0) is 4.79 Å². The number of guanidine groups is 1. The van der Waals surface area contributed by atoms with Crippen molar-refractivity contribution in [2.45, 2.75) is 6.42 Å². The van der Waals surface area contributed by atoms with Crippen molar-refractivity contribution < 1.29 is 4.79 Å². The van der Waals surface area contributed by atoms with Gasteiger partial charge in [-0.05, 0) is 30.2 Å². The summed E-state index contributed by atoms with van der Waals surface area (Å²) in [7, 11) is 0. The molecule has 112 valence electrons. The van der Waals surface area contributed by atoms with Crippen LogP contribution in [0.1, 0.15) is 6.42 Å². The molecule has 0 saturated heterocycles. The van der Waals surface area contributed by atoms with Gasteiger partial charge in [0.2, 0.25) is 6.41 Å². The van der Waals surface area contributed by atoms with E-state index in [1.54, 1.807) is 0 Å². The van der Waals surface area contributed by atoms with E-state index in [2.05, 4.69) is 20.9 Å². The Hall–Kier alpha value is -2.82. The quantitative estimate of drug-likeness (QED) is 0.760. The first-order valence-electron chi connectivity index (χ1n) is 7.32. The number of nitrogens with one attached hydrogen (secondary N) is 3. The molecule has 2 aromatic rings. The molecule has 0 unspecified atom stereocenters. The fourth-order valence-electron chi connectivity index (χ4n) is 2.44. The Morgan fingerprint density at radius 2 is 2.05 bits per heavy atom. The van der Waals surface area contributed by atoms with Crippen molar-refractivity contribution in [3.05, 3.63) is 48.5 Å². The second kappa shape index (κ2) is 6.76. The minimum Gasteiger partial charge on any atom is -0.356 e. The number of hydrogen-bond acceptors (Lipinski definition) is 4. The molecule has 1 heterocycles. The standard InChI is InChI=1S/C17H18N4O/c22-12-20-16-8-2-1-7-15(16)13-5-3-6-14(11-13)21-17-18-9-4-10-19-17/h1-3,5-8,11-12H,4,9-10H2,(H,20,22)(H2,18,19,21). The van der Waals surface area contributed by atoms with Crippen LogP contribution < -0.4 is 16.0 Å². The second-order valence-electron chi connectivity index (χ2n) is 5.02. The molecule has 3 rings (SSSR count). The molecule has 1 aliphatic heterocycles. The zero-order chi connectivity index (χ0) is 15.2.